The summed E-state index contributed by atoms with van der Waals surface area (Å²) in [5, 5.41) is 11.8. The fraction of sp³-hybridized carbons (Fsp3) is 0.667. The van der Waals surface area contributed by atoms with Gasteiger partial charge in [-0.05, 0) is 32.1 Å². The number of aliphatic hydroxyl groups excluding tert-OH is 1. The summed E-state index contributed by atoms with van der Waals surface area (Å²) in [7, 11) is 0. The Morgan fingerprint density at radius 3 is 3.10 bits per heavy atom. The lowest BCUT2D eigenvalue weighted by Gasteiger charge is -2.35. The number of nitrogens with one attached hydrogen (secondary N) is 1. The maximum Gasteiger partial charge on any atom is 0.219 e. The van der Waals surface area contributed by atoms with E-state index in [1.54, 1.807) is 13.3 Å². The average Bonchev–Trinajstić information content (AvgIpc) is 2.51. The summed E-state index contributed by atoms with van der Waals surface area (Å²) in [4.78, 5) is 22.1. The van der Waals surface area contributed by atoms with E-state index in [9.17, 15) is 4.79 Å². The molecule has 2 N–H and O–H groups in total. The van der Waals surface area contributed by atoms with Crippen LogP contribution in [0.2, 0.25) is 0 Å². The number of carbonyl (C=O) groups is 1. The van der Waals surface area contributed by atoms with Gasteiger partial charge < -0.3 is 15.3 Å². The van der Waals surface area contributed by atoms with Gasteiger partial charge in [-0.15, -0.1) is 0 Å². The van der Waals surface area contributed by atoms with Crippen molar-refractivity contribution in [2.24, 2.45) is 0 Å². The Labute approximate surface area is 125 Å². The summed E-state index contributed by atoms with van der Waals surface area (Å²) < 4.78 is 0. The number of carbonyl (C=O) groups excluding carboxylic acids is 1. The van der Waals surface area contributed by atoms with Gasteiger partial charge in [0, 0.05) is 37.8 Å². The van der Waals surface area contributed by atoms with Crippen LogP contribution in [0.1, 0.15) is 38.3 Å². The first-order valence-electron chi connectivity index (χ1n) is 7.63. The predicted octanol–water partition coefficient (Wildman–Crippen LogP) is 1.21. The maximum atomic E-state index is 11.7. The summed E-state index contributed by atoms with van der Waals surface area (Å²) in [6.07, 6.45) is 6.71. The molecule has 2 heterocycles. The van der Waals surface area contributed by atoms with Gasteiger partial charge in [-0.2, -0.15) is 0 Å². The SMILES string of the molecule is CC(=O)N1CCCCC1CCc1cc(NCCO)ncn1. The standard InChI is InChI=1S/C15H24N4O2/c1-12(21)19-8-3-2-4-14(19)6-5-13-10-15(16-7-9-20)18-11-17-13/h10-11,14,20H,2-9H2,1H3,(H,16,17,18). The van der Waals surface area contributed by atoms with Crippen LogP contribution in [0.25, 0.3) is 0 Å². The first-order valence-corrected chi connectivity index (χ1v) is 7.63. The number of likely N-dealkylation sites (tertiary alicyclic amines) is 1. The molecule has 1 unspecified atom stereocenters. The lowest BCUT2D eigenvalue weighted by molar-refractivity contribution is -0.132. The van der Waals surface area contributed by atoms with Crippen molar-refractivity contribution in [3.63, 3.8) is 0 Å². The van der Waals surface area contributed by atoms with Crippen LogP contribution >= 0.6 is 0 Å². The van der Waals surface area contributed by atoms with Gasteiger partial charge in [0.05, 0.1) is 6.61 Å². The minimum atomic E-state index is 0.0784. The second-order valence-electron chi connectivity index (χ2n) is 5.45. The molecule has 1 aromatic rings. The molecular weight excluding hydrogens is 268 g/mol. The van der Waals surface area contributed by atoms with Crippen LogP contribution < -0.4 is 5.32 Å². The molecule has 2 rings (SSSR count). The van der Waals surface area contributed by atoms with Gasteiger partial charge in [-0.3, -0.25) is 4.79 Å². The molecule has 1 aliphatic heterocycles. The van der Waals surface area contributed by atoms with Gasteiger partial charge in [-0.25, -0.2) is 9.97 Å². The number of hydrogen-bond acceptors (Lipinski definition) is 5. The van der Waals surface area contributed by atoms with Crippen molar-refractivity contribution in [1.82, 2.24) is 14.9 Å². The molecular formula is C15H24N4O2. The Hall–Kier alpha value is -1.69. The minimum Gasteiger partial charge on any atom is -0.395 e. The molecule has 0 radical (unpaired) electrons. The number of rotatable bonds is 6. The highest BCUT2D eigenvalue weighted by Gasteiger charge is 2.24. The number of nitrogens with zero attached hydrogens (tertiary/aromatic N) is 3. The van der Waals surface area contributed by atoms with Crippen molar-refractivity contribution < 1.29 is 9.90 Å². The Morgan fingerprint density at radius 2 is 2.33 bits per heavy atom. The summed E-state index contributed by atoms with van der Waals surface area (Å²) in [5.41, 5.74) is 0.972. The van der Waals surface area contributed by atoms with E-state index in [0.717, 1.165) is 43.7 Å². The van der Waals surface area contributed by atoms with E-state index in [1.807, 2.05) is 11.0 Å². The maximum absolute atomic E-state index is 11.7. The highest BCUT2D eigenvalue weighted by atomic mass is 16.3. The van der Waals surface area contributed by atoms with Crippen LogP contribution in [0.4, 0.5) is 5.82 Å². The zero-order valence-electron chi connectivity index (χ0n) is 12.6. The van der Waals surface area contributed by atoms with E-state index in [-0.39, 0.29) is 12.5 Å². The number of anilines is 1. The molecule has 0 saturated carbocycles. The lowest BCUT2D eigenvalue weighted by Crippen LogP contribution is -2.42. The Morgan fingerprint density at radius 1 is 1.48 bits per heavy atom. The molecule has 0 aromatic carbocycles. The highest BCUT2D eigenvalue weighted by Crippen LogP contribution is 2.21. The predicted molar refractivity (Wildman–Crippen MR) is 81.0 cm³/mol. The molecule has 116 valence electrons. The summed E-state index contributed by atoms with van der Waals surface area (Å²) >= 11 is 0. The number of piperidine rings is 1. The van der Waals surface area contributed by atoms with Crippen LogP contribution in [0, 0.1) is 0 Å². The van der Waals surface area contributed by atoms with Crippen LogP contribution in [-0.4, -0.2) is 51.6 Å². The monoisotopic (exact) mass is 292 g/mol. The van der Waals surface area contributed by atoms with E-state index >= 15 is 0 Å². The van der Waals surface area contributed by atoms with Crippen molar-refractivity contribution in [2.45, 2.75) is 45.1 Å². The number of amides is 1. The third-order valence-corrected chi connectivity index (χ3v) is 3.91. The van der Waals surface area contributed by atoms with Crippen molar-refractivity contribution in [3.8, 4) is 0 Å². The molecule has 0 aliphatic carbocycles. The van der Waals surface area contributed by atoms with Crippen LogP contribution in [0.5, 0.6) is 0 Å². The van der Waals surface area contributed by atoms with Gasteiger partial charge in [0.2, 0.25) is 5.91 Å². The number of aliphatic hydroxyl groups is 1. The Bertz CT molecular complexity index is 467. The van der Waals surface area contributed by atoms with Gasteiger partial charge in [0.25, 0.3) is 0 Å². The number of aryl methyl sites for hydroxylation is 1. The molecule has 6 nitrogen and oxygen atoms in total. The Balaban J connectivity index is 1.90. The normalized spacial score (nSPS) is 18.6. The average molecular weight is 292 g/mol. The topological polar surface area (TPSA) is 78.4 Å². The summed E-state index contributed by atoms with van der Waals surface area (Å²) in [5.74, 6) is 0.911. The molecule has 0 spiro atoms. The minimum absolute atomic E-state index is 0.0784. The van der Waals surface area contributed by atoms with Gasteiger partial charge >= 0.3 is 0 Å². The van der Waals surface area contributed by atoms with Gasteiger partial charge in [0.1, 0.15) is 12.1 Å². The van der Waals surface area contributed by atoms with Gasteiger partial charge in [0.15, 0.2) is 0 Å². The van der Waals surface area contributed by atoms with Crippen LogP contribution in [0.3, 0.4) is 0 Å². The first-order chi connectivity index (χ1) is 10.2. The van der Waals surface area contributed by atoms with Crippen molar-refractivity contribution >= 4 is 11.7 Å². The second kappa shape index (κ2) is 7.93. The third-order valence-electron chi connectivity index (χ3n) is 3.91. The second-order valence-corrected chi connectivity index (χ2v) is 5.45. The fourth-order valence-corrected chi connectivity index (χ4v) is 2.84. The molecule has 1 amide bonds. The zero-order chi connectivity index (χ0) is 15.1. The number of hydrogen-bond donors (Lipinski definition) is 2. The van der Waals surface area contributed by atoms with Crippen LogP contribution in [0.15, 0.2) is 12.4 Å². The smallest absolute Gasteiger partial charge is 0.219 e. The summed E-state index contributed by atoms with van der Waals surface area (Å²) in [6, 6.07) is 2.25. The van der Waals surface area contributed by atoms with E-state index in [4.69, 9.17) is 5.11 Å². The van der Waals surface area contributed by atoms with Crippen LogP contribution in [-0.2, 0) is 11.2 Å². The third kappa shape index (κ3) is 4.67. The molecule has 1 atom stereocenters. The van der Waals surface area contributed by atoms with E-state index in [0.29, 0.717) is 12.6 Å². The number of aromatic nitrogens is 2. The quantitative estimate of drug-likeness (QED) is 0.824. The van der Waals surface area contributed by atoms with Crippen molar-refractivity contribution in [3.05, 3.63) is 18.1 Å². The first kappa shape index (κ1) is 15.7. The molecule has 1 aliphatic rings. The Kier molecular flexibility index (Phi) is 5.92. The lowest BCUT2D eigenvalue weighted by atomic mass is 9.97. The van der Waals surface area contributed by atoms with Crippen molar-refractivity contribution in [1.29, 1.82) is 0 Å². The zero-order valence-corrected chi connectivity index (χ0v) is 12.6. The molecule has 1 saturated heterocycles. The summed E-state index contributed by atoms with van der Waals surface area (Å²) in [6.45, 7) is 3.10. The molecule has 1 aromatic heterocycles. The highest BCUT2D eigenvalue weighted by molar-refractivity contribution is 5.73. The van der Waals surface area contributed by atoms with E-state index in [2.05, 4.69) is 15.3 Å². The molecule has 21 heavy (non-hydrogen) atoms. The van der Waals surface area contributed by atoms with Gasteiger partial charge in [-0.1, -0.05) is 0 Å². The fourth-order valence-electron chi connectivity index (χ4n) is 2.84. The molecule has 1 fully saturated rings. The largest absolute Gasteiger partial charge is 0.395 e. The molecule has 6 heteroatoms. The van der Waals surface area contributed by atoms with Crippen molar-refractivity contribution in [2.75, 3.05) is 25.0 Å². The van der Waals surface area contributed by atoms with E-state index < -0.39 is 0 Å². The molecule has 0 bridgehead atoms. The van der Waals surface area contributed by atoms with E-state index in [1.165, 1.54) is 6.42 Å².